The first kappa shape index (κ1) is 20.3. The summed E-state index contributed by atoms with van der Waals surface area (Å²) in [6.45, 7) is 3.78. The van der Waals surface area contributed by atoms with Crippen LogP contribution >= 0.6 is 11.6 Å². The van der Waals surface area contributed by atoms with Crippen molar-refractivity contribution in [2.75, 3.05) is 14.2 Å². The topological polar surface area (TPSA) is 76.7 Å². The molecule has 27 heavy (non-hydrogen) atoms. The van der Waals surface area contributed by atoms with Crippen molar-refractivity contribution in [3.8, 4) is 11.5 Å². The van der Waals surface area contributed by atoms with Crippen LogP contribution in [0.15, 0.2) is 36.4 Å². The second-order valence-electron chi connectivity index (χ2n) is 5.83. The molecule has 142 valence electrons. The van der Waals surface area contributed by atoms with E-state index in [-0.39, 0.29) is 5.91 Å². The number of hydrogen-bond donors (Lipinski definition) is 2. The maximum atomic E-state index is 12.2. The Morgan fingerprint density at radius 2 is 1.78 bits per heavy atom. The molecule has 0 aromatic heterocycles. The molecule has 0 saturated carbocycles. The number of hydrogen-bond acceptors (Lipinski definition) is 4. The highest BCUT2D eigenvalue weighted by Crippen LogP contribution is 2.36. The van der Waals surface area contributed by atoms with Crippen molar-refractivity contribution in [2.24, 2.45) is 0 Å². The Morgan fingerprint density at radius 1 is 1.04 bits per heavy atom. The first-order valence-corrected chi connectivity index (χ1v) is 8.50. The molecule has 2 amide bonds. The Hall–Kier alpha value is -2.99. The highest BCUT2D eigenvalue weighted by Gasteiger charge is 2.11. The zero-order valence-electron chi connectivity index (χ0n) is 15.6. The van der Waals surface area contributed by atoms with Crippen molar-refractivity contribution in [2.45, 2.75) is 13.8 Å². The maximum absolute atomic E-state index is 12.2. The summed E-state index contributed by atoms with van der Waals surface area (Å²) in [7, 11) is 2.99. The lowest BCUT2D eigenvalue weighted by atomic mass is 10.1. The van der Waals surface area contributed by atoms with Gasteiger partial charge in [0.05, 0.1) is 19.2 Å². The molecule has 0 saturated heterocycles. The highest BCUT2D eigenvalue weighted by atomic mass is 35.5. The van der Waals surface area contributed by atoms with Crippen LogP contribution in [-0.4, -0.2) is 26.0 Å². The fourth-order valence-electron chi connectivity index (χ4n) is 2.50. The number of halogens is 1. The second-order valence-corrected chi connectivity index (χ2v) is 6.24. The molecule has 0 fully saturated rings. The Kier molecular flexibility index (Phi) is 6.85. The van der Waals surface area contributed by atoms with Gasteiger partial charge in [-0.15, -0.1) is 0 Å². The first-order valence-electron chi connectivity index (χ1n) is 8.13. The van der Waals surface area contributed by atoms with Gasteiger partial charge < -0.3 is 9.47 Å². The number of amides is 2. The van der Waals surface area contributed by atoms with Crippen molar-refractivity contribution in [3.63, 3.8) is 0 Å². The molecule has 0 aliphatic carbocycles. The van der Waals surface area contributed by atoms with Gasteiger partial charge in [0.2, 0.25) is 0 Å². The van der Waals surface area contributed by atoms with E-state index in [1.54, 1.807) is 24.3 Å². The minimum atomic E-state index is -0.487. The number of benzene rings is 2. The molecule has 2 N–H and O–H groups in total. The molecule has 2 rings (SSSR count). The molecular formula is C20H21ClN2O4. The summed E-state index contributed by atoms with van der Waals surface area (Å²) < 4.78 is 10.4. The number of nitrogens with one attached hydrogen (secondary N) is 2. The third-order valence-electron chi connectivity index (χ3n) is 3.81. The smallest absolute Gasteiger partial charge is 0.269 e. The normalized spacial score (nSPS) is 10.6. The summed E-state index contributed by atoms with van der Waals surface area (Å²) in [5.41, 5.74) is 7.77. The molecule has 0 aliphatic rings. The Balaban J connectivity index is 2.01. The van der Waals surface area contributed by atoms with E-state index in [1.165, 1.54) is 20.3 Å². The molecule has 0 aliphatic heterocycles. The minimum absolute atomic E-state index is 0.361. The van der Waals surface area contributed by atoms with Crippen LogP contribution in [-0.2, 0) is 4.79 Å². The molecule has 0 radical (unpaired) electrons. The van der Waals surface area contributed by atoms with E-state index in [9.17, 15) is 9.59 Å². The van der Waals surface area contributed by atoms with E-state index in [4.69, 9.17) is 21.1 Å². The first-order chi connectivity index (χ1) is 12.8. The van der Waals surface area contributed by atoms with Crippen molar-refractivity contribution in [1.29, 1.82) is 0 Å². The third-order valence-corrected chi connectivity index (χ3v) is 4.09. The third kappa shape index (κ3) is 5.24. The van der Waals surface area contributed by atoms with Crippen LogP contribution in [0.5, 0.6) is 11.5 Å². The van der Waals surface area contributed by atoms with E-state index < -0.39 is 5.91 Å². The summed E-state index contributed by atoms with van der Waals surface area (Å²) in [6.07, 6.45) is 2.83. The fourth-order valence-corrected chi connectivity index (χ4v) is 2.80. The molecule has 0 atom stereocenters. The van der Waals surface area contributed by atoms with Crippen molar-refractivity contribution < 1.29 is 19.1 Å². The van der Waals surface area contributed by atoms with Gasteiger partial charge in [-0.25, -0.2) is 0 Å². The minimum Gasteiger partial charge on any atom is -0.493 e. The Morgan fingerprint density at radius 3 is 2.41 bits per heavy atom. The largest absolute Gasteiger partial charge is 0.493 e. The number of rotatable bonds is 5. The van der Waals surface area contributed by atoms with Gasteiger partial charge in [0.15, 0.2) is 11.5 Å². The van der Waals surface area contributed by atoms with E-state index in [0.29, 0.717) is 27.6 Å². The maximum Gasteiger partial charge on any atom is 0.269 e. The average Bonchev–Trinajstić information content (AvgIpc) is 2.63. The molecule has 6 nitrogen and oxygen atoms in total. The predicted octanol–water partition coefficient (Wildman–Crippen LogP) is 3.45. The van der Waals surface area contributed by atoms with Gasteiger partial charge in [-0.3, -0.25) is 20.4 Å². The zero-order chi connectivity index (χ0) is 20.0. The van der Waals surface area contributed by atoms with E-state index >= 15 is 0 Å². The molecule has 2 aromatic rings. The summed E-state index contributed by atoms with van der Waals surface area (Å²) >= 11 is 6.13. The highest BCUT2D eigenvalue weighted by molar-refractivity contribution is 6.32. The lowest BCUT2D eigenvalue weighted by Gasteiger charge is -2.10. The van der Waals surface area contributed by atoms with Crippen LogP contribution in [0.3, 0.4) is 0 Å². The van der Waals surface area contributed by atoms with Gasteiger partial charge >= 0.3 is 0 Å². The summed E-state index contributed by atoms with van der Waals surface area (Å²) in [5, 5.41) is 0.361. The van der Waals surface area contributed by atoms with Gasteiger partial charge in [0.1, 0.15) is 0 Å². The lowest BCUT2D eigenvalue weighted by molar-refractivity contribution is -0.117. The quantitative estimate of drug-likeness (QED) is 0.607. The molecular weight excluding hydrogens is 368 g/mol. The van der Waals surface area contributed by atoms with Gasteiger partial charge in [-0.05, 0) is 49.2 Å². The van der Waals surface area contributed by atoms with Gasteiger partial charge in [0.25, 0.3) is 11.8 Å². The van der Waals surface area contributed by atoms with Crippen LogP contribution in [0.4, 0.5) is 0 Å². The number of methoxy groups -OCH3 is 2. The lowest BCUT2D eigenvalue weighted by Crippen LogP contribution is -2.41. The monoisotopic (exact) mass is 388 g/mol. The van der Waals surface area contributed by atoms with E-state index in [0.717, 1.165) is 11.1 Å². The molecule has 0 unspecified atom stereocenters. The van der Waals surface area contributed by atoms with Gasteiger partial charge in [0, 0.05) is 11.6 Å². The van der Waals surface area contributed by atoms with Crippen LogP contribution in [0, 0.1) is 13.8 Å². The van der Waals surface area contributed by atoms with Crippen LogP contribution in [0.25, 0.3) is 6.08 Å². The van der Waals surface area contributed by atoms with Crippen molar-refractivity contribution in [3.05, 3.63) is 63.7 Å². The fraction of sp³-hybridized carbons (Fsp3) is 0.200. The van der Waals surface area contributed by atoms with Crippen LogP contribution in [0.2, 0.25) is 5.02 Å². The standard InChI is InChI=1S/C20H21ClN2O4/c1-12-5-7-15(13(2)9-12)20(25)23-22-18(24)8-6-14-10-16(21)19(27-4)17(11-14)26-3/h5-11H,1-4H3,(H,22,24)(H,23,25)/b8-6+. The number of carbonyl (C=O) groups excluding carboxylic acids is 2. The SMILES string of the molecule is COc1cc(/C=C/C(=O)NNC(=O)c2ccc(C)cc2C)cc(Cl)c1OC. The number of ether oxygens (including phenoxy) is 2. The van der Waals surface area contributed by atoms with Crippen molar-refractivity contribution >= 4 is 29.5 Å². The predicted molar refractivity (Wildman–Crippen MR) is 105 cm³/mol. The van der Waals surface area contributed by atoms with E-state index in [1.807, 2.05) is 26.0 Å². The Bertz CT molecular complexity index is 894. The average molecular weight is 389 g/mol. The molecule has 2 aromatic carbocycles. The Labute approximate surface area is 163 Å². The molecule has 7 heteroatoms. The zero-order valence-corrected chi connectivity index (χ0v) is 16.3. The van der Waals surface area contributed by atoms with Crippen molar-refractivity contribution in [1.82, 2.24) is 10.9 Å². The number of aryl methyl sites for hydroxylation is 2. The molecule has 0 bridgehead atoms. The summed E-state index contributed by atoms with van der Waals surface area (Å²) in [6, 6.07) is 8.78. The summed E-state index contributed by atoms with van der Waals surface area (Å²) in [5.74, 6) is -0.00265. The van der Waals surface area contributed by atoms with Gasteiger partial charge in [-0.2, -0.15) is 0 Å². The van der Waals surface area contributed by atoms with E-state index in [2.05, 4.69) is 10.9 Å². The van der Waals surface area contributed by atoms with Crippen LogP contribution < -0.4 is 20.3 Å². The molecule has 0 heterocycles. The molecule has 0 spiro atoms. The second kappa shape index (κ2) is 9.09. The van der Waals surface area contributed by atoms with Crippen LogP contribution in [0.1, 0.15) is 27.0 Å². The van der Waals surface area contributed by atoms with Gasteiger partial charge in [-0.1, -0.05) is 29.3 Å². The summed E-state index contributed by atoms with van der Waals surface area (Å²) in [4.78, 5) is 24.1. The number of hydrazine groups is 1. The number of carbonyl (C=O) groups is 2.